The van der Waals surface area contributed by atoms with Gasteiger partial charge in [0.05, 0.1) is 0 Å². The number of pyridine rings is 1. The highest BCUT2D eigenvalue weighted by atomic mass is 16.2. The molecule has 0 saturated heterocycles. The third kappa shape index (κ3) is 6.46. The Morgan fingerprint density at radius 3 is 2.24 bits per heavy atom. The van der Waals surface area contributed by atoms with E-state index in [9.17, 15) is 4.79 Å². The van der Waals surface area contributed by atoms with Crippen molar-refractivity contribution in [3.05, 3.63) is 65.4 Å². The van der Waals surface area contributed by atoms with E-state index in [0.29, 0.717) is 24.7 Å². The van der Waals surface area contributed by atoms with Crippen LogP contribution in [0.4, 0.5) is 27.9 Å². The summed E-state index contributed by atoms with van der Waals surface area (Å²) in [5.74, 6) is 1.96. The van der Waals surface area contributed by atoms with Gasteiger partial charge in [0, 0.05) is 25.0 Å². The number of anilines is 4. The van der Waals surface area contributed by atoms with Gasteiger partial charge in [0.15, 0.2) is 5.82 Å². The van der Waals surface area contributed by atoms with E-state index in [1.54, 1.807) is 6.20 Å². The quantitative estimate of drug-likeness (QED) is 0.457. The second-order valence-electron chi connectivity index (χ2n) is 6.83. The zero-order valence-corrected chi connectivity index (χ0v) is 16.8. The number of urea groups is 1. The molecule has 0 aliphatic heterocycles. The molecule has 4 N–H and O–H groups in total. The minimum absolute atomic E-state index is 0.243. The minimum Gasteiger partial charge on any atom is -0.367 e. The molecule has 0 saturated carbocycles. The largest absolute Gasteiger partial charge is 0.367 e. The zero-order chi connectivity index (χ0) is 20.6. The highest BCUT2D eigenvalue weighted by Gasteiger charge is 2.03. The number of carbonyl (C=O) groups is 1. The molecule has 0 unspecified atom stereocenters. The molecule has 8 heteroatoms. The fraction of sp³-hybridized carbons (Fsp3) is 0.238. The van der Waals surface area contributed by atoms with Crippen molar-refractivity contribution in [2.45, 2.75) is 20.8 Å². The topological polar surface area (TPSA) is 104 Å². The van der Waals surface area contributed by atoms with E-state index in [1.165, 1.54) is 0 Å². The monoisotopic (exact) mass is 391 g/mol. The molecular formula is C21H25N7O. The summed E-state index contributed by atoms with van der Waals surface area (Å²) in [6, 6.07) is 13.2. The Kier molecular flexibility index (Phi) is 6.57. The summed E-state index contributed by atoms with van der Waals surface area (Å²) in [6.07, 6.45) is 1.74. The highest BCUT2D eigenvalue weighted by molar-refractivity contribution is 5.89. The molecule has 0 aliphatic rings. The van der Waals surface area contributed by atoms with Gasteiger partial charge in [-0.2, -0.15) is 0 Å². The van der Waals surface area contributed by atoms with Crippen molar-refractivity contribution in [3.8, 4) is 0 Å². The summed E-state index contributed by atoms with van der Waals surface area (Å²) < 4.78 is 0. The lowest BCUT2D eigenvalue weighted by Crippen LogP contribution is -2.32. The number of amides is 2. The van der Waals surface area contributed by atoms with Crippen molar-refractivity contribution < 1.29 is 4.79 Å². The molecule has 2 amide bonds. The molecule has 0 radical (unpaired) electrons. The average molecular weight is 391 g/mol. The highest BCUT2D eigenvalue weighted by Crippen LogP contribution is 2.14. The van der Waals surface area contributed by atoms with E-state index < -0.39 is 0 Å². The first-order valence-electron chi connectivity index (χ1n) is 9.38. The van der Waals surface area contributed by atoms with Gasteiger partial charge >= 0.3 is 6.03 Å². The van der Waals surface area contributed by atoms with Crippen LogP contribution in [0.3, 0.4) is 0 Å². The van der Waals surface area contributed by atoms with Crippen LogP contribution in [0.5, 0.6) is 0 Å². The predicted octanol–water partition coefficient (Wildman–Crippen LogP) is 3.77. The Hall–Kier alpha value is -3.68. The predicted molar refractivity (Wildman–Crippen MR) is 116 cm³/mol. The van der Waals surface area contributed by atoms with Crippen molar-refractivity contribution in [1.82, 2.24) is 20.5 Å². The lowest BCUT2D eigenvalue weighted by molar-refractivity contribution is 0.252. The van der Waals surface area contributed by atoms with Gasteiger partial charge in [-0.15, -0.1) is 10.2 Å². The van der Waals surface area contributed by atoms with Gasteiger partial charge in [-0.25, -0.2) is 9.78 Å². The van der Waals surface area contributed by atoms with Crippen LogP contribution in [0.1, 0.15) is 16.7 Å². The number of carbonyl (C=O) groups excluding carboxylic acids is 1. The summed E-state index contributed by atoms with van der Waals surface area (Å²) in [7, 11) is 0. The number of aromatic nitrogens is 3. The maximum Gasteiger partial charge on any atom is 0.319 e. The van der Waals surface area contributed by atoms with Crippen molar-refractivity contribution in [1.29, 1.82) is 0 Å². The zero-order valence-electron chi connectivity index (χ0n) is 16.8. The summed E-state index contributed by atoms with van der Waals surface area (Å²) in [5.41, 5.74) is 4.11. The molecule has 29 heavy (non-hydrogen) atoms. The van der Waals surface area contributed by atoms with Crippen LogP contribution in [0.15, 0.2) is 48.7 Å². The smallest absolute Gasteiger partial charge is 0.319 e. The second-order valence-corrected chi connectivity index (χ2v) is 6.83. The summed E-state index contributed by atoms with van der Waals surface area (Å²) in [6.45, 7) is 6.98. The van der Waals surface area contributed by atoms with Gasteiger partial charge in [-0.05, 0) is 73.9 Å². The normalized spacial score (nSPS) is 10.3. The van der Waals surface area contributed by atoms with E-state index in [-0.39, 0.29) is 6.03 Å². The Bertz CT molecular complexity index is 953. The van der Waals surface area contributed by atoms with Crippen LogP contribution in [0, 0.1) is 20.8 Å². The molecule has 2 aromatic heterocycles. The van der Waals surface area contributed by atoms with Crippen LogP contribution in [0.2, 0.25) is 0 Å². The molecule has 3 aromatic rings. The van der Waals surface area contributed by atoms with E-state index in [0.717, 1.165) is 28.2 Å². The first kappa shape index (κ1) is 20.1. The van der Waals surface area contributed by atoms with Gasteiger partial charge in [0.1, 0.15) is 11.6 Å². The van der Waals surface area contributed by atoms with E-state index in [4.69, 9.17) is 0 Å². The summed E-state index contributed by atoms with van der Waals surface area (Å²) >= 11 is 0. The van der Waals surface area contributed by atoms with Crippen LogP contribution in [0.25, 0.3) is 0 Å². The molecule has 2 heterocycles. The Balaban J connectivity index is 1.40. The summed E-state index contributed by atoms with van der Waals surface area (Å²) in [4.78, 5) is 16.2. The number of aryl methyl sites for hydroxylation is 3. The summed E-state index contributed by atoms with van der Waals surface area (Å²) in [5, 5.41) is 20.1. The van der Waals surface area contributed by atoms with E-state index >= 15 is 0 Å². The maximum atomic E-state index is 12.0. The molecule has 0 bridgehead atoms. The molecule has 0 atom stereocenters. The minimum atomic E-state index is -0.243. The lowest BCUT2D eigenvalue weighted by atomic mass is 10.1. The van der Waals surface area contributed by atoms with Crippen LogP contribution in [-0.2, 0) is 0 Å². The van der Waals surface area contributed by atoms with Gasteiger partial charge < -0.3 is 21.3 Å². The third-order valence-corrected chi connectivity index (χ3v) is 4.03. The average Bonchev–Trinajstić information content (AvgIpc) is 2.66. The molecule has 3 rings (SSSR count). The van der Waals surface area contributed by atoms with Crippen LogP contribution >= 0.6 is 0 Å². The number of nitrogens with one attached hydrogen (secondary N) is 4. The number of hydrogen-bond donors (Lipinski definition) is 4. The second kappa shape index (κ2) is 9.50. The maximum absolute atomic E-state index is 12.0. The van der Waals surface area contributed by atoms with E-state index in [1.807, 2.05) is 57.2 Å². The molecule has 0 aliphatic carbocycles. The van der Waals surface area contributed by atoms with Crippen molar-refractivity contribution in [3.63, 3.8) is 0 Å². The molecule has 8 nitrogen and oxygen atoms in total. The molecule has 0 spiro atoms. The number of benzene rings is 1. The van der Waals surface area contributed by atoms with Gasteiger partial charge in [-0.1, -0.05) is 6.07 Å². The van der Waals surface area contributed by atoms with Crippen molar-refractivity contribution >= 4 is 29.2 Å². The molecular weight excluding hydrogens is 366 g/mol. The molecule has 1 aromatic carbocycles. The number of nitrogens with zero attached hydrogens (tertiary/aromatic N) is 3. The van der Waals surface area contributed by atoms with Crippen LogP contribution in [-0.4, -0.2) is 34.3 Å². The Morgan fingerprint density at radius 1 is 0.828 bits per heavy atom. The Labute approximate surface area is 170 Å². The number of rotatable bonds is 7. The standard InChI is InChI=1S/C21H25N7O/c1-14-6-7-22-20(13-14)26-19-5-4-18(27-28-19)23-8-9-24-21(29)25-17-11-15(2)10-16(3)12-17/h4-7,10-13H,8-9H2,1-3H3,(H,23,27)(H,22,26,28)(H2,24,25,29). The van der Waals surface area contributed by atoms with Gasteiger partial charge in [-0.3, -0.25) is 0 Å². The SMILES string of the molecule is Cc1cc(C)cc(NC(=O)NCCNc2ccc(Nc3cc(C)ccn3)nn2)c1. The fourth-order valence-corrected chi connectivity index (χ4v) is 2.82. The molecule has 0 fully saturated rings. The molecule has 150 valence electrons. The van der Waals surface area contributed by atoms with Crippen molar-refractivity contribution in [2.75, 3.05) is 29.0 Å². The fourth-order valence-electron chi connectivity index (χ4n) is 2.82. The number of hydrogen-bond acceptors (Lipinski definition) is 6. The van der Waals surface area contributed by atoms with E-state index in [2.05, 4.69) is 42.5 Å². The van der Waals surface area contributed by atoms with Crippen LogP contribution < -0.4 is 21.3 Å². The van der Waals surface area contributed by atoms with Crippen molar-refractivity contribution in [2.24, 2.45) is 0 Å². The van der Waals surface area contributed by atoms with Gasteiger partial charge in [0.2, 0.25) is 0 Å². The Morgan fingerprint density at radius 2 is 1.55 bits per heavy atom. The first-order chi connectivity index (χ1) is 14.0. The van der Waals surface area contributed by atoms with Gasteiger partial charge in [0.25, 0.3) is 0 Å². The third-order valence-electron chi connectivity index (χ3n) is 4.03. The lowest BCUT2D eigenvalue weighted by Gasteiger charge is -2.10. The first-order valence-corrected chi connectivity index (χ1v) is 9.38.